The zero-order valence-electron chi connectivity index (χ0n) is 15.5. The summed E-state index contributed by atoms with van der Waals surface area (Å²) < 4.78 is 13.1. The van der Waals surface area contributed by atoms with Gasteiger partial charge in [-0.05, 0) is 37.1 Å². The maximum absolute atomic E-state index is 12.6. The Hall–Kier alpha value is -2.65. The number of likely N-dealkylation sites (tertiary alicyclic amines) is 1. The summed E-state index contributed by atoms with van der Waals surface area (Å²) in [4.78, 5) is 19.1. The van der Waals surface area contributed by atoms with E-state index < -0.39 is 0 Å². The highest BCUT2D eigenvalue weighted by molar-refractivity contribution is 8.01. The standard InChI is InChI=1S/C20H18N4O3S2/c25-17(12-28-20-21-14-4-1-2-6-16(14)29-20)24-9-7-13(8-10-24)18-22-23-19(27-18)15-5-3-11-26-15/h1-6,11,13H,7-10,12H2. The number of furan rings is 1. The SMILES string of the molecule is O=C(CSc1nc2ccccc2s1)N1CCC(c2nnc(-c3ccco3)o2)CC1. The lowest BCUT2D eigenvalue weighted by Gasteiger charge is -2.30. The summed E-state index contributed by atoms with van der Waals surface area (Å²) in [5.41, 5.74) is 0.988. The van der Waals surface area contributed by atoms with Crippen LogP contribution in [0.2, 0.25) is 0 Å². The molecule has 1 saturated heterocycles. The molecule has 0 aliphatic carbocycles. The van der Waals surface area contributed by atoms with Gasteiger partial charge in [-0.25, -0.2) is 4.98 Å². The van der Waals surface area contributed by atoms with Crippen molar-refractivity contribution >= 4 is 39.2 Å². The molecule has 0 unspecified atom stereocenters. The summed E-state index contributed by atoms with van der Waals surface area (Å²) in [5, 5.41) is 8.24. The van der Waals surface area contributed by atoms with Crippen molar-refractivity contribution in [1.29, 1.82) is 0 Å². The van der Waals surface area contributed by atoms with Crippen molar-refractivity contribution in [3.05, 3.63) is 48.6 Å². The van der Waals surface area contributed by atoms with Gasteiger partial charge in [0.05, 0.1) is 22.2 Å². The fourth-order valence-electron chi connectivity index (χ4n) is 3.40. The van der Waals surface area contributed by atoms with Crippen LogP contribution in [-0.4, -0.2) is 44.8 Å². The van der Waals surface area contributed by atoms with Crippen molar-refractivity contribution in [3.63, 3.8) is 0 Å². The second-order valence-corrected chi connectivity index (χ2v) is 9.07. The lowest BCUT2D eigenvalue weighted by molar-refractivity contribution is -0.129. The van der Waals surface area contributed by atoms with E-state index in [1.807, 2.05) is 23.1 Å². The van der Waals surface area contributed by atoms with E-state index in [2.05, 4.69) is 21.2 Å². The quantitative estimate of drug-likeness (QED) is 0.436. The fourth-order valence-corrected chi connectivity index (χ4v) is 5.37. The molecule has 1 aliphatic rings. The number of amides is 1. The van der Waals surface area contributed by atoms with Crippen molar-refractivity contribution in [2.75, 3.05) is 18.8 Å². The van der Waals surface area contributed by atoms with E-state index in [4.69, 9.17) is 8.83 Å². The van der Waals surface area contributed by atoms with Crippen molar-refractivity contribution in [2.24, 2.45) is 0 Å². The van der Waals surface area contributed by atoms with Crippen LogP contribution in [0.3, 0.4) is 0 Å². The van der Waals surface area contributed by atoms with Crippen LogP contribution in [0.1, 0.15) is 24.7 Å². The van der Waals surface area contributed by atoms with Gasteiger partial charge in [0.1, 0.15) is 0 Å². The molecule has 5 rings (SSSR count). The molecule has 1 amide bonds. The molecule has 148 valence electrons. The predicted molar refractivity (Wildman–Crippen MR) is 111 cm³/mol. The van der Waals surface area contributed by atoms with Gasteiger partial charge in [-0.2, -0.15) is 0 Å². The van der Waals surface area contributed by atoms with Gasteiger partial charge in [0.25, 0.3) is 5.89 Å². The van der Waals surface area contributed by atoms with Crippen molar-refractivity contribution < 1.29 is 13.6 Å². The van der Waals surface area contributed by atoms with E-state index >= 15 is 0 Å². The number of thiazole rings is 1. The number of para-hydroxylation sites is 1. The molecule has 1 aromatic carbocycles. The predicted octanol–water partition coefficient (Wildman–Crippen LogP) is 4.44. The van der Waals surface area contributed by atoms with Gasteiger partial charge in [-0.3, -0.25) is 4.79 Å². The molecule has 0 radical (unpaired) electrons. The topological polar surface area (TPSA) is 85.3 Å². The Kier molecular flexibility index (Phi) is 5.07. The van der Waals surface area contributed by atoms with Crippen LogP contribution in [0.4, 0.5) is 0 Å². The van der Waals surface area contributed by atoms with Crippen molar-refractivity contribution in [2.45, 2.75) is 23.1 Å². The van der Waals surface area contributed by atoms with Gasteiger partial charge in [0.2, 0.25) is 11.8 Å². The smallest absolute Gasteiger partial charge is 0.283 e. The third kappa shape index (κ3) is 3.92. The van der Waals surface area contributed by atoms with E-state index in [9.17, 15) is 4.79 Å². The maximum Gasteiger partial charge on any atom is 0.283 e. The fraction of sp³-hybridized carbons (Fsp3) is 0.300. The lowest BCUT2D eigenvalue weighted by atomic mass is 9.97. The van der Waals surface area contributed by atoms with Crippen LogP contribution in [0.15, 0.2) is 55.8 Å². The van der Waals surface area contributed by atoms with E-state index in [0.29, 0.717) is 36.4 Å². The number of hydrogen-bond donors (Lipinski definition) is 0. The second kappa shape index (κ2) is 8.00. The first-order valence-corrected chi connectivity index (χ1v) is 11.2. The Morgan fingerprint density at radius 2 is 2.03 bits per heavy atom. The van der Waals surface area contributed by atoms with Crippen LogP contribution in [0.25, 0.3) is 21.9 Å². The molecular formula is C20H18N4O3S2. The Morgan fingerprint density at radius 1 is 1.17 bits per heavy atom. The molecule has 9 heteroatoms. The van der Waals surface area contributed by atoms with Crippen molar-refractivity contribution in [3.8, 4) is 11.7 Å². The van der Waals surface area contributed by atoms with E-state index in [1.54, 1.807) is 29.7 Å². The van der Waals surface area contributed by atoms with Crippen molar-refractivity contribution in [1.82, 2.24) is 20.1 Å². The number of nitrogens with zero attached hydrogens (tertiary/aromatic N) is 4. The monoisotopic (exact) mass is 426 g/mol. The van der Waals surface area contributed by atoms with Gasteiger partial charge in [-0.1, -0.05) is 23.9 Å². The summed E-state index contributed by atoms with van der Waals surface area (Å²) >= 11 is 3.14. The first-order chi connectivity index (χ1) is 14.3. The normalized spacial score (nSPS) is 15.2. The molecule has 4 heterocycles. The maximum atomic E-state index is 12.6. The lowest BCUT2D eigenvalue weighted by Crippen LogP contribution is -2.39. The number of carbonyl (C=O) groups excluding carboxylic acids is 1. The molecule has 29 heavy (non-hydrogen) atoms. The Labute approximate surface area is 175 Å². The largest absolute Gasteiger partial charge is 0.459 e. The summed E-state index contributed by atoms with van der Waals surface area (Å²) in [6.07, 6.45) is 3.21. The van der Waals surface area contributed by atoms with Crippen LogP contribution >= 0.6 is 23.1 Å². The van der Waals surface area contributed by atoms with E-state index in [1.165, 1.54) is 11.8 Å². The molecule has 0 N–H and O–H groups in total. The average molecular weight is 427 g/mol. The molecule has 7 nitrogen and oxygen atoms in total. The summed E-state index contributed by atoms with van der Waals surface area (Å²) in [6.45, 7) is 1.39. The highest BCUT2D eigenvalue weighted by Gasteiger charge is 2.28. The van der Waals surface area contributed by atoms with E-state index in [0.717, 1.165) is 27.4 Å². The molecule has 0 spiro atoms. The minimum absolute atomic E-state index is 0.148. The number of aromatic nitrogens is 3. The second-order valence-electron chi connectivity index (χ2n) is 6.81. The number of thioether (sulfide) groups is 1. The van der Waals surface area contributed by atoms with Gasteiger partial charge in [0.15, 0.2) is 10.1 Å². The Bertz CT molecular complexity index is 1080. The number of rotatable bonds is 5. The van der Waals surface area contributed by atoms with Gasteiger partial charge in [0, 0.05) is 19.0 Å². The molecule has 3 aromatic heterocycles. The highest BCUT2D eigenvalue weighted by Crippen LogP contribution is 2.31. The molecule has 0 atom stereocenters. The molecule has 4 aromatic rings. The van der Waals surface area contributed by atoms with Crippen LogP contribution < -0.4 is 0 Å². The first-order valence-electron chi connectivity index (χ1n) is 9.40. The Balaban J connectivity index is 1.14. The molecule has 1 fully saturated rings. The third-order valence-corrected chi connectivity index (χ3v) is 7.13. The zero-order chi connectivity index (χ0) is 19.6. The van der Waals surface area contributed by atoms with Crippen LogP contribution in [0, 0.1) is 0 Å². The molecular weight excluding hydrogens is 408 g/mol. The number of piperidine rings is 1. The number of hydrogen-bond acceptors (Lipinski definition) is 8. The summed E-state index contributed by atoms with van der Waals surface area (Å²) in [5.74, 6) is 2.32. The van der Waals surface area contributed by atoms with Gasteiger partial charge in [-0.15, -0.1) is 21.5 Å². The van der Waals surface area contributed by atoms with Gasteiger partial charge < -0.3 is 13.7 Å². The Morgan fingerprint density at radius 3 is 2.83 bits per heavy atom. The highest BCUT2D eigenvalue weighted by atomic mass is 32.2. The molecule has 0 bridgehead atoms. The van der Waals surface area contributed by atoms with E-state index in [-0.39, 0.29) is 11.8 Å². The average Bonchev–Trinajstić information content (AvgIpc) is 3.52. The number of carbonyl (C=O) groups is 1. The minimum Gasteiger partial charge on any atom is -0.459 e. The van der Waals surface area contributed by atoms with Gasteiger partial charge >= 0.3 is 0 Å². The summed E-state index contributed by atoms with van der Waals surface area (Å²) in [7, 11) is 0. The molecule has 0 saturated carbocycles. The summed E-state index contributed by atoms with van der Waals surface area (Å²) in [6, 6.07) is 11.6. The van der Waals surface area contributed by atoms with Crippen LogP contribution in [-0.2, 0) is 4.79 Å². The number of fused-ring (bicyclic) bond motifs is 1. The first kappa shape index (κ1) is 18.4. The zero-order valence-corrected chi connectivity index (χ0v) is 17.1. The number of benzene rings is 1. The molecule has 1 aliphatic heterocycles. The minimum atomic E-state index is 0.148. The van der Waals surface area contributed by atoms with Crippen LogP contribution in [0.5, 0.6) is 0 Å². The third-order valence-electron chi connectivity index (χ3n) is 4.96.